The number of hydrogen-bond acceptors (Lipinski definition) is 7. The Morgan fingerprint density at radius 1 is 1.00 bits per heavy atom. The average molecular weight is 627 g/mol. The fourth-order valence-corrected chi connectivity index (χ4v) is 6.29. The van der Waals surface area contributed by atoms with Crippen molar-refractivity contribution in [1.29, 1.82) is 0 Å². The molecule has 0 atom stereocenters. The fourth-order valence-electron chi connectivity index (χ4n) is 4.62. The summed E-state index contributed by atoms with van der Waals surface area (Å²) in [7, 11) is -2.68. The lowest BCUT2D eigenvalue weighted by Gasteiger charge is -2.24. The first-order valence-electron chi connectivity index (χ1n) is 13.9. The third-order valence-corrected chi connectivity index (χ3v) is 9.03. The van der Waals surface area contributed by atoms with Crippen LogP contribution in [0.25, 0.3) is 0 Å². The average Bonchev–Trinajstić information content (AvgIpc) is 3.00. The lowest BCUT2D eigenvalue weighted by atomic mass is 9.95. The third kappa shape index (κ3) is 8.95. The molecule has 43 heavy (non-hydrogen) atoms. The normalized spacial score (nSPS) is 13.8. The van der Waals surface area contributed by atoms with Crippen molar-refractivity contribution in [3.05, 3.63) is 82.9 Å². The fraction of sp³-hybridized carbons (Fsp3) is 0.323. The molecule has 1 aliphatic carbocycles. The number of nitrogens with one attached hydrogen (secondary N) is 2. The Kier molecular flexibility index (Phi) is 11.0. The summed E-state index contributed by atoms with van der Waals surface area (Å²) in [5.74, 6) is 0.0831. The molecule has 0 aliphatic heterocycles. The number of rotatable bonds is 12. The van der Waals surface area contributed by atoms with Gasteiger partial charge in [-0.15, -0.1) is 0 Å². The molecule has 10 nitrogen and oxygen atoms in total. The molecule has 1 fully saturated rings. The van der Waals surface area contributed by atoms with Crippen molar-refractivity contribution in [3.63, 3.8) is 0 Å². The summed E-state index contributed by atoms with van der Waals surface area (Å²) >= 11 is 6.27. The van der Waals surface area contributed by atoms with Crippen LogP contribution in [-0.2, 0) is 19.6 Å². The molecule has 0 radical (unpaired) electrons. The van der Waals surface area contributed by atoms with Gasteiger partial charge in [-0.05, 0) is 79.9 Å². The number of methoxy groups -OCH3 is 1. The summed E-state index contributed by atoms with van der Waals surface area (Å²) in [6.45, 7) is 1.23. The van der Waals surface area contributed by atoms with E-state index in [9.17, 15) is 18.0 Å². The van der Waals surface area contributed by atoms with Gasteiger partial charge in [0.15, 0.2) is 6.61 Å². The number of sulfonamides is 1. The van der Waals surface area contributed by atoms with Gasteiger partial charge in [0, 0.05) is 6.04 Å². The van der Waals surface area contributed by atoms with Crippen LogP contribution in [0, 0.1) is 6.92 Å². The zero-order valence-electron chi connectivity index (χ0n) is 24.1. The molecule has 0 spiro atoms. The van der Waals surface area contributed by atoms with Crippen molar-refractivity contribution in [3.8, 4) is 11.5 Å². The summed E-state index contributed by atoms with van der Waals surface area (Å²) in [5, 5.41) is 7.18. The number of carbonyl (C=O) groups is 2. The van der Waals surface area contributed by atoms with Crippen LogP contribution in [-0.4, -0.2) is 52.8 Å². The van der Waals surface area contributed by atoms with E-state index >= 15 is 0 Å². The molecular formula is C31H35ClN4O6S. The molecule has 0 unspecified atom stereocenters. The Hall–Kier alpha value is -4.09. The maximum absolute atomic E-state index is 13.6. The highest BCUT2D eigenvalue weighted by Crippen LogP contribution is 2.32. The van der Waals surface area contributed by atoms with Crippen LogP contribution in [0.1, 0.15) is 43.2 Å². The Morgan fingerprint density at radius 3 is 2.35 bits per heavy atom. The topological polar surface area (TPSA) is 126 Å². The number of nitrogens with zero attached hydrogens (tertiary/aromatic N) is 2. The summed E-state index contributed by atoms with van der Waals surface area (Å²) in [5.41, 5.74) is 4.12. The summed E-state index contributed by atoms with van der Waals surface area (Å²) in [4.78, 5) is 25.1. The number of amides is 2. The van der Waals surface area contributed by atoms with Crippen LogP contribution >= 0.6 is 11.6 Å². The van der Waals surface area contributed by atoms with Gasteiger partial charge in [-0.25, -0.2) is 13.8 Å². The number of benzene rings is 3. The first-order valence-corrected chi connectivity index (χ1v) is 15.7. The van der Waals surface area contributed by atoms with E-state index in [-0.39, 0.29) is 34.2 Å². The van der Waals surface area contributed by atoms with Gasteiger partial charge in [-0.3, -0.25) is 13.9 Å². The number of anilines is 1. The Morgan fingerprint density at radius 2 is 1.70 bits per heavy atom. The van der Waals surface area contributed by atoms with Crippen LogP contribution in [0.2, 0.25) is 5.02 Å². The highest BCUT2D eigenvalue weighted by atomic mass is 35.5. The molecular weight excluding hydrogens is 592 g/mol. The van der Waals surface area contributed by atoms with Gasteiger partial charge in [0.1, 0.15) is 18.0 Å². The maximum atomic E-state index is 13.6. The predicted octanol–water partition coefficient (Wildman–Crippen LogP) is 4.83. The Bertz CT molecular complexity index is 1540. The van der Waals surface area contributed by atoms with E-state index in [4.69, 9.17) is 21.1 Å². The minimum atomic E-state index is -4.13. The van der Waals surface area contributed by atoms with Crippen LogP contribution in [0.3, 0.4) is 0 Å². The summed E-state index contributed by atoms with van der Waals surface area (Å²) in [6.07, 6.45) is 6.92. The molecule has 2 amide bonds. The third-order valence-electron chi connectivity index (χ3n) is 6.94. The molecule has 0 heterocycles. The van der Waals surface area contributed by atoms with Crippen LogP contribution in [0.4, 0.5) is 5.69 Å². The highest BCUT2D eigenvalue weighted by Gasteiger charge is 2.28. The molecule has 3 aromatic rings. The zero-order chi connectivity index (χ0) is 30.8. The minimum Gasteiger partial charge on any atom is -0.495 e. The molecule has 4 rings (SSSR count). The van der Waals surface area contributed by atoms with E-state index in [0.717, 1.165) is 35.6 Å². The highest BCUT2D eigenvalue weighted by molar-refractivity contribution is 7.92. The van der Waals surface area contributed by atoms with Crippen molar-refractivity contribution >= 4 is 45.3 Å². The standard InChI is InChI=1S/C31H35ClN4O6S/c1-22-8-15-27(16-9-22)43(39,40)36(25-12-17-29(41-2)28(32)18-25)20-30(37)35-33-19-23-10-13-26(14-11-23)42-21-31(38)34-24-6-4-3-5-7-24/h8-19,24H,3-7,20-21H2,1-2H3,(H,34,38)(H,35,37)/b33-19-. The predicted molar refractivity (Wildman–Crippen MR) is 166 cm³/mol. The van der Waals surface area contributed by atoms with E-state index in [0.29, 0.717) is 17.1 Å². The molecule has 0 bridgehead atoms. The second-order valence-corrected chi connectivity index (χ2v) is 12.5. The van der Waals surface area contributed by atoms with Gasteiger partial charge in [0.25, 0.3) is 21.8 Å². The van der Waals surface area contributed by atoms with Gasteiger partial charge in [0.2, 0.25) is 0 Å². The van der Waals surface area contributed by atoms with Crippen molar-refractivity contribution in [2.24, 2.45) is 5.10 Å². The van der Waals surface area contributed by atoms with Gasteiger partial charge in [-0.1, -0.05) is 48.6 Å². The molecule has 1 saturated carbocycles. The number of aryl methyl sites for hydroxylation is 1. The SMILES string of the molecule is COc1ccc(N(CC(=O)N/N=C\c2ccc(OCC(=O)NC3CCCCC3)cc2)S(=O)(=O)c2ccc(C)cc2)cc1Cl. The van der Waals surface area contributed by atoms with Crippen molar-refractivity contribution in [2.75, 3.05) is 24.6 Å². The molecule has 3 aromatic carbocycles. The lowest BCUT2D eigenvalue weighted by molar-refractivity contribution is -0.124. The molecule has 228 valence electrons. The first-order chi connectivity index (χ1) is 20.7. The molecule has 2 N–H and O–H groups in total. The minimum absolute atomic E-state index is 0.0233. The maximum Gasteiger partial charge on any atom is 0.264 e. The van der Waals surface area contributed by atoms with Crippen LogP contribution < -0.4 is 24.5 Å². The van der Waals surface area contributed by atoms with Gasteiger partial charge in [-0.2, -0.15) is 5.10 Å². The number of halogens is 1. The van der Waals surface area contributed by atoms with Crippen molar-refractivity contribution in [1.82, 2.24) is 10.7 Å². The molecule has 12 heteroatoms. The first kappa shape index (κ1) is 31.8. The van der Waals surface area contributed by atoms with E-state index in [1.165, 1.54) is 50.1 Å². The van der Waals surface area contributed by atoms with E-state index < -0.39 is 22.5 Å². The zero-order valence-corrected chi connectivity index (χ0v) is 25.7. The summed E-state index contributed by atoms with van der Waals surface area (Å²) < 4.78 is 38.8. The molecule has 1 aliphatic rings. The van der Waals surface area contributed by atoms with Crippen LogP contribution in [0.15, 0.2) is 76.7 Å². The van der Waals surface area contributed by atoms with Crippen molar-refractivity contribution < 1.29 is 27.5 Å². The number of carbonyl (C=O) groups excluding carboxylic acids is 2. The Balaban J connectivity index is 1.37. The van der Waals surface area contributed by atoms with Crippen LogP contribution in [0.5, 0.6) is 11.5 Å². The number of ether oxygens (including phenoxy) is 2. The smallest absolute Gasteiger partial charge is 0.264 e. The van der Waals surface area contributed by atoms with E-state index in [1.807, 2.05) is 6.92 Å². The second kappa shape index (κ2) is 14.9. The molecule has 0 aromatic heterocycles. The van der Waals surface area contributed by atoms with Crippen molar-refractivity contribution in [2.45, 2.75) is 50.0 Å². The monoisotopic (exact) mass is 626 g/mol. The number of hydrogen-bond donors (Lipinski definition) is 2. The van der Waals surface area contributed by atoms with E-state index in [2.05, 4.69) is 15.8 Å². The second-order valence-electron chi connectivity index (χ2n) is 10.2. The van der Waals surface area contributed by atoms with Gasteiger partial charge >= 0.3 is 0 Å². The van der Waals surface area contributed by atoms with Gasteiger partial charge < -0.3 is 14.8 Å². The largest absolute Gasteiger partial charge is 0.495 e. The van der Waals surface area contributed by atoms with E-state index in [1.54, 1.807) is 36.4 Å². The summed E-state index contributed by atoms with van der Waals surface area (Å²) in [6, 6.07) is 17.8. The lowest BCUT2D eigenvalue weighted by Crippen LogP contribution is -2.39. The molecule has 0 saturated heterocycles. The Labute approximate surface area is 257 Å². The van der Waals surface area contributed by atoms with Gasteiger partial charge in [0.05, 0.1) is 28.9 Å². The number of hydrazone groups is 1. The quantitative estimate of drug-likeness (QED) is 0.219.